The number of carbonyl (C=O) groups excluding carboxylic acids is 1. The zero-order chi connectivity index (χ0) is 30.2. The number of fused-ring (bicyclic) bond motifs is 4. The summed E-state index contributed by atoms with van der Waals surface area (Å²) in [5.41, 5.74) is 3.54. The summed E-state index contributed by atoms with van der Waals surface area (Å²) < 4.78 is 2.66. The standard InChI is InChI=1S/C25H20NS.C13H24O2.Ir/c1-16(2)14-20-8-5-9-21-22-12-13-26-23(25(22)27-24(20)21)19-11-10-17-6-3-4-7-18(17)15-19;1-5-10(6-2)12(14)9-13(15)11(7-3)8-4;/h3-10,12-13,15-16H,14H2,1-2H3;9-11,14H,5-8H2,1-4H3;/q-1;;/b;12-9-;. The van der Waals surface area contributed by atoms with Gasteiger partial charge in [-0.1, -0.05) is 89.4 Å². The molecule has 3 nitrogen and oxygen atoms in total. The van der Waals surface area contributed by atoms with E-state index in [1.54, 1.807) is 0 Å². The Kier molecular flexibility index (Phi) is 13.1. The molecule has 0 unspecified atom stereocenters. The molecule has 0 amide bonds. The molecule has 3 aromatic carbocycles. The second kappa shape index (κ2) is 16.3. The molecule has 2 heterocycles. The van der Waals surface area contributed by atoms with Crippen molar-refractivity contribution in [2.24, 2.45) is 17.8 Å². The van der Waals surface area contributed by atoms with Gasteiger partial charge in [-0.05, 0) is 60.4 Å². The summed E-state index contributed by atoms with van der Waals surface area (Å²) in [5, 5.41) is 14.8. The van der Waals surface area contributed by atoms with Crippen LogP contribution in [0.25, 0.3) is 42.2 Å². The normalized spacial score (nSPS) is 11.8. The van der Waals surface area contributed by atoms with E-state index in [2.05, 4.69) is 80.6 Å². The van der Waals surface area contributed by atoms with Gasteiger partial charge in [-0.3, -0.25) is 4.79 Å². The van der Waals surface area contributed by atoms with E-state index in [0.29, 0.717) is 5.92 Å². The van der Waals surface area contributed by atoms with Gasteiger partial charge in [-0.25, -0.2) is 0 Å². The average molecular weight is 771 g/mol. The van der Waals surface area contributed by atoms with Gasteiger partial charge in [0.1, 0.15) is 0 Å². The molecule has 0 fully saturated rings. The first kappa shape index (κ1) is 34.6. The molecule has 0 saturated carbocycles. The number of hydrogen-bond acceptors (Lipinski definition) is 4. The van der Waals surface area contributed by atoms with E-state index < -0.39 is 0 Å². The van der Waals surface area contributed by atoms with Gasteiger partial charge in [0.05, 0.1) is 5.76 Å². The average Bonchev–Trinajstić information content (AvgIpc) is 3.38. The van der Waals surface area contributed by atoms with Crippen molar-refractivity contribution in [2.75, 3.05) is 0 Å². The first-order chi connectivity index (χ1) is 20.3. The minimum atomic E-state index is 0. The van der Waals surface area contributed by atoms with Crippen LogP contribution >= 0.6 is 11.3 Å². The van der Waals surface area contributed by atoms with E-state index in [0.717, 1.165) is 43.4 Å². The monoisotopic (exact) mass is 771 g/mol. The maximum atomic E-state index is 11.7. The van der Waals surface area contributed by atoms with Gasteiger partial charge in [0.15, 0.2) is 5.78 Å². The van der Waals surface area contributed by atoms with E-state index >= 15 is 0 Å². The summed E-state index contributed by atoms with van der Waals surface area (Å²) in [6.45, 7) is 12.6. The number of nitrogens with zero attached hydrogens (tertiary/aromatic N) is 1. The summed E-state index contributed by atoms with van der Waals surface area (Å²) in [4.78, 5) is 16.5. The van der Waals surface area contributed by atoms with Crippen LogP contribution in [0, 0.1) is 23.8 Å². The second-order valence-corrected chi connectivity index (χ2v) is 12.5. The molecule has 0 spiro atoms. The molecule has 229 valence electrons. The van der Waals surface area contributed by atoms with Crippen molar-refractivity contribution in [1.82, 2.24) is 4.98 Å². The third-order valence-electron chi connectivity index (χ3n) is 8.14. The van der Waals surface area contributed by atoms with Crippen molar-refractivity contribution in [3.63, 3.8) is 0 Å². The molecular weight excluding hydrogens is 727 g/mol. The molecule has 43 heavy (non-hydrogen) atoms. The molecule has 5 heteroatoms. The number of aromatic nitrogens is 1. The van der Waals surface area contributed by atoms with Crippen molar-refractivity contribution in [3.8, 4) is 11.3 Å². The van der Waals surface area contributed by atoms with Crippen LogP contribution in [0.3, 0.4) is 0 Å². The van der Waals surface area contributed by atoms with Crippen molar-refractivity contribution >= 4 is 48.1 Å². The van der Waals surface area contributed by atoms with Gasteiger partial charge in [0.2, 0.25) is 0 Å². The molecular formula is C38H44IrNO2S-. The van der Waals surface area contributed by atoms with Gasteiger partial charge < -0.3 is 10.1 Å². The zero-order valence-corrected chi connectivity index (χ0v) is 29.5. The summed E-state index contributed by atoms with van der Waals surface area (Å²) in [6.07, 6.45) is 7.94. The number of ketones is 1. The molecule has 5 rings (SSSR count). The summed E-state index contributed by atoms with van der Waals surface area (Å²) in [5.74, 6) is 1.19. The van der Waals surface area contributed by atoms with E-state index in [1.165, 1.54) is 42.6 Å². The third kappa shape index (κ3) is 8.20. The van der Waals surface area contributed by atoms with E-state index in [1.807, 2.05) is 45.2 Å². The summed E-state index contributed by atoms with van der Waals surface area (Å²) >= 11 is 1.87. The molecule has 1 N–H and O–H groups in total. The topological polar surface area (TPSA) is 50.2 Å². The molecule has 1 radical (unpaired) electrons. The van der Waals surface area contributed by atoms with Gasteiger partial charge in [-0.15, -0.1) is 40.5 Å². The fourth-order valence-corrected chi connectivity index (χ4v) is 6.94. The molecule has 0 saturated heterocycles. The largest absolute Gasteiger partial charge is 0.512 e. The van der Waals surface area contributed by atoms with Gasteiger partial charge >= 0.3 is 0 Å². The predicted octanol–water partition coefficient (Wildman–Crippen LogP) is 11.1. The Balaban J connectivity index is 0.000000274. The number of aliphatic hydroxyl groups is 1. The molecule has 5 aromatic rings. The first-order valence-electron chi connectivity index (χ1n) is 15.4. The van der Waals surface area contributed by atoms with Crippen LogP contribution in [0.5, 0.6) is 0 Å². The van der Waals surface area contributed by atoms with E-state index in [4.69, 9.17) is 4.98 Å². The Morgan fingerprint density at radius 2 is 1.53 bits per heavy atom. The Hall–Kier alpha value is -2.85. The number of rotatable bonds is 10. The second-order valence-electron chi connectivity index (χ2n) is 11.5. The van der Waals surface area contributed by atoms with Gasteiger partial charge in [0, 0.05) is 59.3 Å². The maximum Gasteiger partial charge on any atom is 0.162 e. The van der Waals surface area contributed by atoms with Crippen LogP contribution in [0.2, 0.25) is 0 Å². The smallest absolute Gasteiger partial charge is 0.162 e. The quantitative estimate of drug-likeness (QED) is 0.0874. The van der Waals surface area contributed by atoms with E-state index in [-0.39, 0.29) is 43.5 Å². The van der Waals surface area contributed by atoms with Crippen LogP contribution in [-0.2, 0) is 31.3 Å². The minimum Gasteiger partial charge on any atom is -0.512 e. The number of allylic oxidation sites excluding steroid dienone is 2. The number of pyridine rings is 1. The van der Waals surface area contributed by atoms with E-state index in [9.17, 15) is 9.90 Å². The fraction of sp³-hybridized carbons (Fsp3) is 0.368. The Morgan fingerprint density at radius 1 is 0.884 bits per heavy atom. The molecule has 2 aromatic heterocycles. The molecule has 0 bridgehead atoms. The van der Waals surface area contributed by atoms with Crippen LogP contribution in [0.15, 0.2) is 78.7 Å². The number of thiophene rings is 1. The number of hydrogen-bond donors (Lipinski definition) is 1. The van der Waals surface area contributed by atoms with Crippen LogP contribution < -0.4 is 0 Å². The maximum absolute atomic E-state index is 11.7. The first-order valence-corrected chi connectivity index (χ1v) is 16.3. The number of benzene rings is 3. The molecule has 0 aliphatic rings. The van der Waals surface area contributed by atoms with Crippen molar-refractivity contribution in [2.45, 2.75) is 73.6 Å². The predicted molar refractivity (Wildman–Crippen MR) is 181 cm³/mol. The van der Waals surface area contributed by atoms with Gasteiger partial charge in [-0.2, -0.15) is 0 Å². The fourth-order valence-electron chi connectivity index (χ4n) is 5.62. The van der Waals surface area contributed by atoms with Gasteiger partial charge in [0.25, 0.3) is 0 Å². The SMILES string of the molecule is CC(C)Cc1cccc2c1sc1c(-c3[c-]cc4ccccc4c3)nccc12.CCC(CC)C(=O)/C=C(\O)C(CC)CC.[Ir]. The number of carbonyl (C=O) groups is 1. The van der Waals surface area contributed by atoms with Crippen molar-refractivity contribution < 1.29 is 30.0 Å². The molecule has 0 aliphatic carbocycles. The summed E-state index contributed by atoms with van der Waals surface area (Å²) in [7, 11) is 0. The Morgan fingerprint density at radius 3 is 2.19 bits per heavy atom. The van der Waals surface area contributed by atoms with Crippen molar-refractivity contribution in [3.05, 3.63) is 90.3 Å². The zero-order valence-electron chi connectivity index (χ0n) is 26.2. The minimum absolute atomic E-state index is 0. The van der Waals surface area contributed by atoms with Crippen LogP contribution in [0.4, 0.5) is 0 Å². The number of aliphatic hydroxyl groups excluding tert-OH is 1. The third-order valence-corrected chi connectivity index (χ3v) is 9.44. The molecule has 0 aliphatic heterocycles. The Bertz CT molecular complexity index is 1680. The molecule has 0 atom stereocenters. The van der Waals surface area contributed by atoms with Crippen LogP contribution in [0.1, 0.15) is 72.8 Å². The summed E-state index contributed by atoms with van der Waals surface area (Å²) in [6, 6.07) is 25.0. The van der Waals surface area contributed by atoms with Crippen molar-refractivity contribution in [1.29, 1.82) is 0 Å². The van der Waals surface area contributed by atoms with Crippen LogP contribution in [-0.4, -0.2) is 15.9 Å². The Labute approximate surface area is 274 Å².